The lowest BCUT2D eigenvalue weighted by atomic mass is 10.0. The molecule has 1 fully saturated rings. The van der Waals surface area contributed by atoms with Gasteiger partial charge in [-0.3, -0.25) is 0 Å². The molecule has 0 spiro atoms. The number of allylic oxidation sites excluding steroid dienone is 2. The SMILES string of the molecule is CCC.CCCCC/C=C\CCC1CCCCCCCCO1. The summed E-state index contributed by atoms with van der Waals surface area (Å²) in [7, 11) is 0. The van der Waals surface area contributed by atoms with Crippen molar-refractivity contribution in [3.63, 3.8) is 0 Å². The zero-order chi connectivity index (χ0) is 16.3. The molecule has 1 atom stereocenters. The summed E-state index contributed by atoms with van der Waals surface area (Å²) in [5.41, 5.74) is 0. The smallest absolute Gasteiger partial charge is 0.0578 e. The maximum atomic E-state index is 6.03. The molecule has 0 aliphatic carbocycles. The minimum atomic E-state index is 0.526. The molecule has 1 nitrogen and oxygen atoms in total. The van der Waals surface area contributed by atoms with Crippen molar-refractivity contribution in [2.45, 2.75) is 117 Å². The standard InChI is InChI=1S/C18H34O.C3H8/c1-2-3-4-5-6-9-12-15-18-16-13-10-7-8-11-14-17-19-18;1-3-2/h6,9,18H,2-5,7-8,10-17H2,1H3;3H2,1-2H3/b9-6-;. The summed E-state index contributed by atoms with van der Waals surface area (Å²) in [6, 6.07) is 0. The van der Waals surface area contributed by atoms with E-state index in [0.717, 1.165) is 6.61 Å². The highest BCUT2D eigenvalue weighted by molar-refractivity contribution is 4.82. The van der Waals surface area contributed by atoms with E-state index in [1.54, 1.807) is 0 Å². The van der Waals surface area contributed by atoms with Gasteiger partial charge in [-0.05, 0) is 38.5 Å². The summed E-state index contributed by atoms with van der Waals surface area (Å²) in [5, 5.41) is 0. The lowest BCUT2D eigenvalue weighted by Gasteiger charge is -2.18. The molecule has 0 radical (unpaired) electrons. The lowest BCUT2D eigenvalue weighted by molar-refractivity contribution is 0.0361. The van der Waals surface area contributed by atoms with Gasteiger partial charge in [-0.15, -0.1) is 0 Å². The van der Waals surface area contributed by atoms with Crippen LogP contribution in [0.5, 0.6) is 0 Å². The Morgan fingerprint density at radius 3 is 2.18 bits per heavy atom. The van der Waals surface area contributed by atoms with Crippen molar-refractivity contribution in [3.05, 3.63) is 12.2 Å². The Hall–Kier alpha value is -0.300. The molecule has 0 aromatic heterocycles. The molecule has 1 unspecified atom stereocenters. The van der Waals surface area contributed by atoms with Gasteiger partial charge in [0, 0.05) is 6.61 Å². The van der Waals surface area contributed by atoms with Gasteiger partial charge in [0.1, 0.15) is 0 Å². The molecule has 1 saturated heterocycles. The molecule has 0 saturated carbocycles. The van der Waals surface area contributed by atoms with E-state index in [4.69, 9.17) is 4.74 Å². The van der Waals surface area contributed by atoms with Gasteiger partial charge in [0.05, 0.1) is 6.10 Å². The van der Waals surface area contributed by atoms with Gasteiger partial charge in [0.2, 0.25) is 0 Å². The van der Waals surface area contributed by atoms with Crippen molar-refractivity contribution >= 4 is 0 Å². The first kappa shape index (κ1) is 21.7. The minimum Gasteiger partial charge on any atom is -0.378 e. The Bertz CT molecular complexity index is 212. The number of hydrogen-bond acceptors (Lipinski definition) is 1. The zero-order valence-corrected chi connectivity index (χ0v) is 15.7. The summed E-state index contributed by atoms with van der Waals surface area (Å²) < 4.78 is 6.03. The van der Waals surface area contributed by atoms with Crippen LogP contribution in [0.25, 0.3) is 0 Å². The van der Waals surface area contributed by atoms with Gasteiger partial charge >= 0.3 is 0 Å². The van der Waals surface area contributed by atoms with Crippen LogP contribution in [0.15, 0.2) is 12.2 Å². The number of hydrogen-bond donors (Lipinski definition) is 0. The van der Waals surface area contributed by atoms with Crippen LogP contribution in [0.2, 0.25) is 0 Å². The number of rotatable bonds is 7. The molecular weight excluding hydrogens is 268 g/mol. The van der Waals surface area contributed by atoms with E-state index in [-0.39, 0.29) is 0 Å². The maximum absolute atomic E-state index is 6.03. The average Bonchev–Trinajstić information content (AvgIpc) is 2.53. The summed E-state index contributed by atoms with van der Waals surface area (Å²) in [5.74, 6) is 0. The van der Waals surface area contributed by atoms with Crippen LogP contribution in [0.1, 0.15) is 111 Å². The third-order valence-corrected chi connectivity index (χ3v) is 4.07. The van der Waals surface area contributed by atoms with Crippen molar-refractivity contribution in [1.29, 1.82) is 0 Å². The van der Waals surface area contributed by atoms with Gasteiger partial charge < -0.3 is 4.74 Å². The summed E-state index contributed by atoms with van der Waals surface area (Å²) >= 11 is 0. The van der Waals surface area contributed by atoms with Gasteiger partial charge in [0.15, 0.2) is 0 Å². The normalized spacial score (nSPS) is 20.4. The van der Waals surface area contributed by atoms with E-state index >= 15 is 0 Å². The van der Waals surface area contributed by atoms with Crippen molar-refractivity contribution in [1.82, 2.24) is 0 Å². The average molecular weight is 311 g/mol. The van der Waals surface area contributed by atoms with Gasteiger partial charge in [-0.25, -0.2) is 0 Å². The number of ether oxygens (including phenoxy) is 1. The molecule has 1 heteroatoms. The fraction of sp³-hybridized carbons (Fsp3) is 0.905. The second-order valence-corrected chi connectivity index (χ2v) is 6.65. The van der Waals surface area contributed by atoms with Gasteiger partial charge in [-0.1, -0.05) is 84.3 Å². The minimum absolute atomic E-state index is 0.526. The molecule has 0 aromatic rings. The van der Waals surface area contributed by atoms with Crippen molar-refractivity contribution in [2.24, 2.45) is 0 Å². The van der Waals surface area contributed by atoms with E-state index in [9.17, 15) is 0 Å². The Labute approximate surface area is 140 Å². The van der Waals surface area contributed by atoms with E-state index < -0.39 is 0 Å². The summed E-state index contributed by atoms with van der Waals surface area (Å²) in [4.78, 5) is 0. The summed E-state index contributed by atoms with van der Waals surface area (Å²) in [6.45, 7) is 7.51. The van der Waals surface area contributed by atoms with Gasteiger partial charge in [0.25, 0.3) is 0 Å². The Balaban J connectivity index is 0.00000135. The monoisotopic (exact) mass is 310 g/mol. The molecule has 1 aliphatic heterocycles. The first-order valence-electron chi connectivity index (χ1n) is 10.1. The molecule has 0 aromatic carbocycles. The highest BCUT2D eigenvalue weighted by Gasteiger charge is 2.09. The van der Waals surface area contributed by atoms with Crippen LogP contribution in [0, 0.1) is 0 Å². The van der Waals surface area contributed by atoms with Crippen molar-refractivity contribution in [2.75, 3.05) is 6.61 Å². The first-order valence-corrected chi connectivity index (χ1v) is 10.1. The third kappa shape index (κ3) is 16.1. The maximum Gasteiger partial charge on any atom is 0.0578 e. The zero-order valence-electron chi connectivity index (χ0n) is 15.7. The quantitative estimate of drug-likeness (QED) is 0.350. The van der Waals surface area contributed by atoms with Crippen LogP contribution >= 0.6 is 0 Å². The second kappa shape index (κ2) is 18.7. The molecule has 1 heterocycles. The van der Waals surface area contributed by atoms with Crippen LogP contribution < -0.4 is 0 Å². The Kier molecular flexibility index (Phi) is 18.5. The predicted octanol–water partition coefficient (Wildman–Crippen LogP) is 7.45. The molecule has 0 bridgehead atoms. The largest absolute Gasteiger partial charge is 0.378 e. The van der Waals surface area contributed by atoms with E-state index in [0.29, 0.717) is 6.10 Å². The third-order valence-electron chi connectivity index (χ3n) is 4.07. The highest BCUT2D eigenvalue weighted by Crippen LogP contribution is 2.17. The second-order valence-electron chi connectivity index (χ2n) is 6.65. The van der Waals surface area contributed by atoms with E-state index in [1.165, 1.54) is 89.9 Å². The van der Waals surface area contributed by atoms with Crippen LogP contribution in [-0.4, -0.2) is 12.7 Å². The molecule has 0 N–H and O–H groups in total. The predicted molar refractivity (Wildman–Crippen MR) is 101 cm³/mol. The van der Waals surface area contributed by atoms with E-state index in [1.807, 2.05) is 0 Å². The molecule has 0 amide bonds. The van der Waals surface area contributed by atoms with Crippen molar-refractivity contribution < 1.29 is 4.74 Å². The fourth-order valence-electron chi connectivity index (χ4n) is 2.77. The van der Waals surface area contributed by atoms with Crippen LogP contribution in [0.4, 0.5) is 0 Å². The first-order chi connectivity index (χ1) is 10.8. The molecule has 22 heavy (non-hydrogen) atoms. The topological polar surface area (TPSA) is 9.23 Å². The van der Waals surface area contributed by atoms with Crippen LogP contribution in [0.3, 0.4) is 0 Å². The fourth-order valence-corrected chi connectivity index (χ4v) is 2.77. The molecule has 132 valence electrons. The van der Waals surface area contributed by atoms with Crippen LogP contribution in [-0.2, 0) is 4.74 Å². The van der Waals surface area contributed by atoms with Gasteiger partial charge in [-0.2, -0.15) is 0 Å². The number of unbranched alkanes of at least 4 members (excludes halogenated alkanes) is 3. The Morgan fingerprint density at radius 1 is 0.818 bits per heavy atom. The van der Waals surface area contributed by atoms with Crippen molar-refractivity contribution in [3.8, 4) is 0 Å². The Morgan fingerprint density at radius 2 is 1.45 bits per heavy atom. The van der Waals surface area contributed by atoms with E-state index in [2.05, 4.69) is 32.9 Å². The summed E-state index contributed by atoms with van der Waals surface area (Å²) in [6.07, 6.45) is 23.8. The molecule has 1 rings (SSSR count). The molecular formula is C21H42O. The molecule has 1 aliphatic rings. The highest BCUT2D eigenvalue weighted by atomic mass is 16.5. The lowest BCUT2D eigenvalue weighted by Crippen LogP contribution is -2.14.